The summed E-state index contributed by atoms with van der Waals surface area (Å²) in [6.07, 6.45) is 2.69. The molecule has 3 amide bonds. The van der Waals surface area contributed by atoms with Crippen LogP contribution >= 0.6 is 0 Å². The van der Waals surface area contributed by atoms with Gasteiger partial charge in [0, 0.05) is 0 Å². The van der Waals surface area contributed by atoms with Gasteiger partial charge < -0.3 is 32.5 Å². The van der Waals surface area contributed by atoms with Crippen LogP contribution in [0.15, 0.2) is 30.3 Å². The van der Waals surface area contributed by atoms with Crippen LogP contribution in [0.4, 0.5) is 0 Å². The summed E-state index contributed by atoms with van der Waals surface area (Å²) in [5.41, 5.74) is 12.5. The number of carboxylic acids is 1. The number of hydrogen-bond acceptors (Lipinski definition) is 6. The molecular formula is C27H45N5O5. The topological polar surface area (TPSA) is 177 Å². The summed E-state index contributed by atoms with van der Waals surface area (Å²) in [4.78, 5) is 50.9. The molecule has 0 saturated heterocycles. The number of rotatable bonds is 17. The molecule has 0 aliphatic heterocycles. The maximum Gasteiger partial charge on any atom is 0.326 e. The van der Waals surface area contributed by atoms with Gasteiger partial charge in [0.25, 0.3) is 0 Å². The second kappa shape index (κ2) is 16.7. The van der Waals surface area contributed by atoms with E-state index in [1.165, 1.54) is 0 Å². The Morgan fingerprint density at radius 2 is 1.51 bits per heavy atom. The predicted octanol–water partition coefficient (Wildman–Crippen LogP) is 1.32. The fourth-order valence-electron chi connectivity index (χ4n) is 3.91. The number of nitrogens with one attached hydrogen (secondary N) is 3. The van der Waals surface area contributed by atoms with E-state index in [-0.39, 0.29) is 18.3 Å². The Kier molecular flexibility index (Phi) is 14.5. The first-order valence-electron chi connectivity index (χ1n) is 13.1. The van der Waals surface area contributed by atoms with Crippen molar-refractivity contribution in [1.82, 2.24) is 16.0 Å². The van der Waals surface area contributed by atoms with Crippen molar-refractivity contribution in [2.45, 2.75) is 90.4 Å². The Balaban J connectivity index is 2.95. The van der Waals surface area contributed by atoms with Crippen LogP contribution in [0, 0.1) is 11.8 Å². The number of benzene rings is 1. The maximum atomic E-state index is 13.3. The van der Waals surface area contributed by atoms with E-state index in [1.54, 1.807) is 6.92 Å². The van der Waals surface area contributed by atoms with Gasteiger partial charge in [0.05, 0.1) is 6.04 Å². The molecule has 0 aliphatic rings. The van der Waals surface area contributed by atoms with Crippen molar-refractivity contribution in [1.29, 1.82) is 0 Å². The van der Waals surface area contributed by atoms with E-state index in [9.17, 15) is 24.3 Å². The molecular weight excluding hydrogens is 474 g/mol. The van der Waals surface area contributed by atoms with E-state index in [2.05, 4.69) is 16.0 Å². The summed E-state index contributed by atoms with van der Waals surface area (Å²) >= 11 is 0. The minimum absolute atomic E-state index is 0.0798. The zero-order chi connectivity index (χ0) is 28.0. The van der Waals surface area contributed by atoms with Crippen molar-refractivity contribution in [3.05, 3.63) is 35.9 Å². The molecule has 1 aromatic rings. The summed E-state index contributed by atoms with van der Waals surface area (Å²) in [6.45, 7) is 7.97. The average molecular weight is 520 g/mol. The van der Waals surface area contributed by atoms with E-state index in [0.717, 1.165) is 5.56 Å². The molecule has 0 spiro atoms. The van der Waals surface area contributed by atoms with Gasteiger partial charge in [0.2, 0.25) is 17.7 Å². The SMILES string of the molecule is CCC(C)C(NC(=O)C(CC(C)C)NC(=O)C(N)Cc1ccccc1)C(=O)NC(CCCCN)C(=O)O. The fraction of sp³-hybridized carbons (Fsp3) is 0.630. The second-order valence-corrected chi connectivity index (χ2v) is 10.0. The van der Waals surface area contributed by atoms with E-state index in [4.69, 9.17) is 11.5 Å². The monoisotopic (exact) mass is 519 g/mol. The quantitative estimate of drug-likeness (QED) is 0.168. The highest BCUT2D eigenvalue weighted by Crippen LogP contribution is 2.12. The molecule has 0 aromatic heterocycles. The molecule has 8 N–H and O–H groups in total. The van der Waals surface area contributed by atoms with Gasteiger partial charge in [-0.15, -0.1) is 0 Å². The van der Waals surface area contributed by atoms with Gasteiger partial charge >= 0.3 is 5.97 Å². The molecule has 5 unspecified atom stereocenters. The summed E-state index contributed by atoms with van der Waals surface area (Å²) in [7, 11) is 0. The lowest BCUT2D eigenvalue weighted by atomic mass is 9.96. The third kappa shape index (κ3) is 11.7. The molecule has 208 valence electrons. The molecule has 5 atom stereocenters. The van der Waals surface area contributed by atoms with Crippen LogP contribution in [0.1, 0.15) is 65.4 Å². The number of carboxylic acid groups (broad SMARTS) is 1. The van der Waals surface area contributed by atoms with Crippen LogP contribution in [-0.2, 0) is 25.6 Å². The Morgan fingerprint density at radius 3 is 2.05 bits per heavy atom. The third-order valence-corrected chi connectivity index (χ3v) is 6.33. The minimum Gasteiger partial charge on any atom is -0.480 e. The molecule has 0 heterocycles. The predicted molar refractivity (Wildman–Crippen MR) is 143 cm³/mol. The zero-order valence-electron chi connectivity index (χ0n) is 22.5. The summed E-state index contributed by atoms with van der Waals surface area (Å²) < 4.78 is 0. The summed E-state index contributed by atoms with van der Waals surface area (Å²) in [5, 5.41) is 17.6. The van der Waals surface area contributed by atoms with Crippen molar-refractivity contribution >= 4 is 23.7 Å². The normalized spacial score (nSPS) is 15.2. The molecule has 10 nitrogen and oxygen atoms in total. The lowest BCUT2D eigenvalue weighted by Gasteiger charge is -2.28. The zero-order valence-corrected chi connectivity index (χ0v) is 22.5. The number of carbonyl (C=O) groups excluding carboxylic acids is 3. The maximum absolute atomic E-state index is 13.3. The Labute approximate surface area is 220 Å². The molecule has 1 rings (SSSR count). The molecule has 0 saturated carbocycles. The van der Waals surface area contributed by atoms with E-state index < -0.39 is 47.9 Å². The highest BCUT2D eigenvalue weighted by atomic mass is 16.4. The average Bonchev–Trinajstić information content (AvgIpc) is 2.85. The van der Waals surface area contributed by atoms with Crippen LogP contribution in [0.2, 0.25) is 0 Å². The van der Waals surface area contributed by atoms with Crippen molar-refractivity contribution in [3.8, 4) is 0 Å². The van der Waals surface area contributed by atoms with Crippen LogP contribution in [0.5, 0.6) is 0 Å². The molecule has 0 aliphatic carbocycles. The van der Waals surface area contributed by atoms with Crippen molar-refractivity contribution in [2.75, 3.05) is 6.54 Å². The lowest BCUT2D eigenvalue weighted by Crippen LogP contribution is -2.59. The minimum atomic E-state index is -1.14. The van der Waals surface area contributed by atoms with Gasteiger partial charge in [-0.25, -0.2) is 4.79 Å². The first kappa shape index (κ1) is 32.0. The second-order valence-electron chi connectivity index (χ2n) is 10.0. The molecule has 0 radical (unpaired) electrons. The highest BCUT2D eigenvalue weighted by Gasteiger charge is 2.33. The molecule has 37 heavy (non-hydrogen) atoms. The van der Waals surface area contributed by atoms with E-state index >= 15 is 0 Å². The number of aliphatic carboxylic acids is 1. The van der Waals surface area contributed by atoms with Gasteiger partial charge in [0.15, 0.2) is 0 Å². The van der Waals surface area contributed by atoms with Crippen molar-refractivity contribution < 1.29 is 24.3 Å². The third-order valence-electron chi connectivity index (χ3n) is 6.33. The molecule has 1 aromatic carbocycles. The Hall–Kier alpha value is -2.98. The van der Waals surface area contributed by atoms with Gasteiger partial charge in [0.1, 0.15) is 18.1 Å². The number of carbonyl (C=O) groups is 4. The first-order valence-corrected chi connectivity index (χ1v) is 13.1. The summed E-state index contributed by atoms with van der Waals surface area (Å²) in [6, 6.07) is 5.58. The smallest absolute Gasteiger partial charge is 0.326 e. The van der Waals surface area contributed by atoms with Crippen LogP contribution in [0.3, 0.4) is 0 Å². The number of nitrogens with two attached hydrogens (primary N) is 2. The Morgan fingerprint density at radius 1 is 0.892 bits per heavy atom. The number of hydrogen-bond donors (Lipinski definition) is 6. The molecule has 10 heteroatoms. The summed E-state index contributed by atoms with van der Waals surface area (Å²) in [5.74, 6) is -2.87. The highest BCUT2D eigenvalue weighted by molar-refractivity contribution is 5.94. The van der Waals surface area contributed by atoms with Crippen LogP contribution in [-0.4, -0.2) is 59.5 Å². The standard InChI is InChI=1S/C27H45N5O5/c1-5-18(4)23(26(35)30-21(27(36)37)13-9-10-14-28)32-25(34)22(15-17(2)3)31-24(33)20(29)16-19-11-7-6-8-12-19/h6-8,11-12,17-18,20-23H,5,9-10,13-16,28-29H2,1-4H3,(H,30,35)(H,31,33)(H,32,34)(H,36,37). The van der Waals surface area contributed by atoms with Crippen LogP contribution < -0.4 is 27.4 Å². The van der Waals surface area contributed by atoms with Gasteiger partial charge in [-0.3, -0.25) is 14.4 Å². The van der Waals surface area contributed by atoms with Gasteiger partial charge in [-0.2, -0.15) is 0 Å². The van der Waals surface area contributed by atoms with E-state index in [0.29, 0.717) is 38.6 Å². The van der Waals surface area contributed by atoms with Crippen molar-refractivity contribution in [3.63, 3.8) is 0 Å². The largest absolute Gasteiger partial charge is 0.480 e. The van der Waals surface area contributed by atoms with E-state index in [1.807, 2.05) is 51.1 Å². The Bertz CT molecular complexity index is 864. The van der Waals surface area contributed by atoms with Crippen molar-refractivity contribution in [2.24, 2.45) is 23.3 Å². The molecule has 0 fully saturated rings. The number of amides is 3. The lowest BCUT2D eigenvalue weighted by molar-refractivity contribution is -0.143. The fourth-order valence-corrected chi connectivity index (χ4v) is 3.91. The van der Waals surface area contributed by atoms with Crippen LogP contribution in [0.25, 0.3) is 0 Å². The first-order chi connectivity index (χ1) is 17.5. The molecule has 0 bridgehead atoms. The van der Waals surface area contributed by atoms with Gasteiger partial charge in [-0.1, -0.05) is 64.4 Å². The van der Waals surface area contributed by atoms with Gasteiger partial charge in [-0.05, 0) is 56.0 Å². The number of unbranched alkanes of at least 4 members (excludes halogenated alkanes) is 1.